The van der Waals surface area contributed by atoms with E-state index in [0.717, 1.165) is 55.6 Å². The first-order valence-electron chi connectivity index (χ1n) is 9.67. The van der Waals surface area contributed by atoms with Crippen LogP contribution in [0.15, 0.2) is 43.0 Å². The van der Waals surface area contributed by atoms with Gasteiger partial charge in [-0.05, 0) is 31.7 Å². The molecule has 1 atom stereocenters. The van der Waals surface area contributed by atoms with Crippen LogP contribution in [-0.4, -0.2) is 43.4 Å². The van der Waals surface area contributed by atoms with Crippen LogP contribution in [0.1, 0.15) is 25.5 Å². The van der Waals surface area contributed by atoms with Gasteiger partial charge in [-0.15, -0.1) is 0 Å². The second-order valence-corrected chi connectivity index (χ2v) is 7.15. The fourth-order valence-corrected chi connectivity index (χ4v) is 3.93. The Morgan fingerprint density at radius 2 is 2.22 bits per heavy atom. The van der Waals surface area contributed by atoms with Crippen molar-refractivity contribution in [2.24, 2.45) is 5.92 Å². The molecule has 4 rings (SSSR count). The number of aryl methyl sites for hydroxylation is 1. The first-order chi connectivity index (χ1) is 13.2. The minimum atomic E-state index is 0.000427. The molecule has 1 saturated heterocycles. The topological polar surface area (TPSA) is 68.0 Å². The molecule has 0 unspecified atom stereocenters. The van der Waals surface area contributed by atoms with E-state index in [2.05, 4.69) is 39.0 Å². The summed E-state index contributed by atoms with van der Waals surface area (Å²) in [5.41, 5.74) is 2.04. The number of urea groups is 1. The van der Waals surface area contributed by atoms with Gasteiger partial charge in [-0.1, -0.05) is 18.2 Å². The number of fused-ring (bicyclic) bond motifs is 1. The summed E-state index contributed by atoms with van der Waals surface area (Å²) >= 11 is 0. The zero-order chi connectivity index (χ0) is 18.6. The van der Waals surface area contributed by atoms with Crippen molar-refractivity contribution in [3.63, 3.8) is 0 Å². The molecule has 1 aliphatic heterocycles. The van der Waals surface area contributed by atoms with Gasteiger partial charge < -0.3 is 14.8 Å². The third-order valence-corrected chi connectivity index (χ3v) is 5.28. The number of rotatable bonds is 5. The van der Waals surface area contributed by atoms with E-state index >= 15 is 0 Å². The molecule has 3 heterocycles. The summed E-state index contributed by atoms with van der Waals surface area (Å²) in [6.45, 7) is 5.86. The molecule has 3 aromatic rings. The number of benzene rings is 1. The maximum atomic E-state index is 12.7. The molecular weight excluding hydrogens is 340 g/mol. The molecule has 7 heteroatoms. The lowest BCUT2D eigenvalue weighted by Gasteiger charge is -2.32. The maximum Gasteiger partial charge on any atom is 0.317 e. The molecule has 0 spiro atoms. The molecule has 1 aliphatic rings. The van der Waals surface area contributed by atoms with Crippen LogP contribution in [0.3, 0.4) is 0 Å². The Morgan fingerprint density at radius 1 is 1.33 bits per heavy atom. The van der Waals surface area contributed by atoms with Crippen LogP contribution in [0.2, 0.25) is 0 Å². The van der Waals surface area contributed by atoms with E-state index in [0.29, 0.717) is 12.5 Å². The molecular formula is C20H26N6O. The number of hydrogen-bond acceptors (Lipinski definition) is 3. The average Bonchev–Trinajstić information content (AvgIpc) is 3.34. The SMILES string of the molecule is CCn1nc(CNC(=O)N2CCC[C@@H](Cn3ccnc3)C2)c2ccccc21. The van der Waals surface area contributed by atoms with Crippen LogP contribution in [-0.2, 0) is 19.6 Å². The lowest BCUT2D eigenvalue weighted by molar-refractivity contribution is 0.159. The maximum absolute atomic E-state index is 12.7. The van der Waals surface area contributed by atoms with Crippen LogP contribution in [0.5, 0.6) is 0 Å². The molecule has 7 nitrogen and oxygen atoms in total. The number of hydrogen-bond donors (Lipinski definition) is 1. The number of carbonyl (C=O) groups is 1. The van der Waals surface area contributed by atoms with Crippen LogP contribution in [0, 0.1) is 5.92 Å². The number of aromatic nitrogens is 4. The van der Waals surface area contributed by atoms with E-state index in [-0.39, 0.29) is 6.03 Å². The highest BCUT2D eigenvalue weighted by molar-refractivity contribution is 5.82. The van der Waals surface area contributed by atoms with Crippen molar-refractivity contribution < 1.29 is 4.79 Å². The molecule has 1 fully saturated rings. The minimum Gasteiger partial charge on any atom is -0.337 e. The normalized spacial score (nSPS) is 17.4. The third-order valence-electron chi connectivity index (χ3n) is 5.28. The van der Waals surface area contributed by atoms with Gasteiger partial charge in [0, 0.05) is 44.0 Å². The van der Waals surface area contributed by atoms with Crippen LogP contribution < -0.4 is 5.32 Å². The second kappa shape index (κ2) is 7.82. The van der Waals surface area contributed by atoms with Crippen molar-refractivity contribution in [2.75, 3.05) is 13.1 Å². The number of piperidine rings is 1. The lowest BCUT2D eigenvalue weighted by Crippen LogP contribution is -2.46. The van der Waals surface area contributed by atoms with E-state index in [1.165, 1.54) is 0 Å². The van der Waals surface area contributed by atoms with E-state index in [1.54, 1.807) is 6.20 Å². The Balaban J connectivity index is 1.38. The molecule has 142 valence electrons. The molecule has 1 aromatic carbocycles. The number of carbonyl (C=O) groups excluding carboxylic acids is 1. The van der Waals surface area contributed by atoms with E-state index < -0.39 is 0 Å². The second-order valence-electron chi connectivity index (χ2n) is 7.15. The van der Waals surface area contributed by atoms with E-state index in [4.69, 9.17) is 0 Å². The molecule has 1 N–H and O–H groups in total. The Hall–Kier alpha value is -2.83. The summed E-state index contributed by atoms with van der Waals surface area (Å²) in [5.74, 6) is 0.471. The molecule has 2 aromatic heterocycles. The molecule has 0 bridgehead atoms. The molecule has 27 heavy (non-hydrogen) atoms. The number of imidazole rings is 1. The number of para-hydroxylation sites is 1. The van der Waals surface area contributed by atoms with Crippen LogP contribution in [0.25, 0.3) is 10.9 Å². The van der Waals surface area contributed by atoms with Crippen molar-refractivity contribution in [2.45, 2.75) is 39.4 Å². The zero-order valence-corrected chi connectivity index (χ0v) is 15.7. The Bertz CT molecular complexity index is 900. The largest absolute Gasteiger partial charge is 0.337 e. The predicted octanol–water partition coefficient (Wildman–Crippen LogP) is 2.87. The standard InChI is InChI=1S/C20H26N6O/c1-2-26-19-8-4-3-7-17(19)18(23-26)12-22-20(27)25-10-5-6-16(14-25)13-24-11-9-21-15-24/h3-4,7-9,11,15-16H,2,5-6,10,12-14H2,1H3,(H,22,27)/t16-/m0/s1. The average molecular weight is 366 g/mol. The van der Waals surface area contributed by atoms with E-state index in [1.807, 2.05) is 34.2 Å². The first kappa shape index (κ1) is 17.6. The third kappa shape index (κ3) is 3.82. The molecule has 0 aliphatic carbocycles. The predicted molar refractivity (Wildman–Crippen MR) is 104 cm³/mol. The van der Waals surface area contributed by atoms with Crippen LogP contribution in [0.4, 0.5) is 4.79 Å². The summed E-state index contributed by atoms with van der Waals surface area (Å²) in [5, 5.41) is 8.84. The fourth-order valence-electron chi connectivity index (χ4n) is 3.93. The molecule has 2 amide bonds. The van der Waals surface area contributed by atoms with Gasteiger partial charge in [0.15, 0.2) is 0 Å². The van der Waals surface area contributed by atoms with Crippen molar-refractivity contribution in [3.8, 4) is 0 Å². The van der Waals surface area contributed by atoms with Gasteiger partial charge in [0.25, 0.3) is 0 Å². The first-order valence-corrected chi connectivity index (χ1v) is 9.67. The highest BCUT2D eigenvalue weighted by atomic mass is 16.2. The number of nitrogens with zero attached hydrogens (tertiary/aromatic N) is 5. The number of nitrogens with one attached hydrogen (secondary N) is 1. The minimum absolute atomic E-state index is 0.000427. The smallest absolute Gasteiger partial charge is 0.317 e. The summed E-state index contributed by atoms with van der Waals surface area (Å²) in [6.07, 6.45) is 7.81. The monoisotopic (exact) mass is 366 g/mol. The number of likely N-dealkylation sites (tertiary alicyclic amines) is 1. The van der Waals surface area contributed by atoms with Gasteiger partial charge in [0.1, 0.15) is 0 Å². The number of amides is 2. The fraction of sp³-hybridized carbons (Fsp3) is 0.450. The Kier molecular flexibility index (Phi) is 5.09. The highest BCUT2D eigenvalue weighted by Crippen LogP contribution is 2.20. The summed E-state index contributed by atoms with van der Waals surface area (Å²) < 4.78 is 4.08. The lowest BCUT2D eigenvalue weighted by atomic mass is 9.98. The van der Waals surface area contributed by atoms with E-state index in [9.17, 15) is 4.79 Å². The van der Waals surface area contributed by atoms with Gasteiger partial charge in [-0.2, -0.15) is 5.10 Å². The molecule has 0 radical (unpaired) electrons. The van der Waals surface area contributed by atoms with Crippen molar-refractivity contribution in [3.05, 3.63) is 48.7 Å². The van der Waals surface area contributed by atoms with Crippen molar-refractivity contribution in [1.29, 1.82) is 0 Å². The van der Waals surface area contributed by atoms with Crippen molar-refractivity contribution >= 4 is 16.9 Å². The van der Waals surface area contributed by atoms with Crippen LogP contribution >= 0.6 is 0 Å². The summed E-state index contributed by atoms with van der Waals surface area (Å²) in [4.78, 5) is 18.7. The van der Waals surface area contributed by atoms with Crippen molar-refractivity contribution in [1.82, 2.24) is 29.5 Å². The van der Waals surface area contributed by atoms with Gasteiger partial charge in [0.05, 0.1) is 24.1 Å². The van der Waals surface area contributed by atoms with Gasteiger partial charge in [0.2, 0.25) is 0 Å². The van der Waals surface area contributed by atoms with Gasteiger partial charge >= 0.3 is 6.03 Å². The van der Waals surface area contributed by atoms with Gasteiger partial charge in [-0.25, -0.2) is 9.78 Å². The molecule has 0 saturated carbocycles. The summed E-state index contributed by atoms with van der Waals surface area (Å²) in [7, 11) is 0. The Morgan fingerprint density at radius 3 is 3.04 bits per heavy atom. The van der Waals surface area contributed by atoms with Gasteiger partial charge in [-0.3, -0.25) is 4.68 Å². The highest BCUT2D eigenvalue weighted by Gasteiger charge is 2.24. The quantitative estimate of drug-likeness (QED) is 0.755. The Labute approximate surface area is 159 Å². The summed E-state index contributed by atoms with van der Waals surface area (Å²) in [6, 6.07) is 8.17. The zero-order valence-electron chi connectivity index (χ0n) is 15.7.